The molecule has 0 aliphatic carbocycles. The molecule has 4 aromatic rings. The third kappa shape index (κ3) is 6.89. The minimum absolute atomic E-state index is 0.0266. The van der Waals surface area contributed by atoms with E-state index in [1.165, 1.54) is 23.5 Å². The Morgan fingerprint density at radius 2 is 1.70 bits per heavy atom. The molecule has 1 heterocycles. The van der Waals surface area contributed by atoms with E-state index in [0.717, 1.165) is 31.2 Å². The quantitative estimate of drug-likeness (QED) is 0.128. The Kier molecular flexibility index (Phi) is 8.46. The first-order valence-electron chi connectivity index (χ1n) is 11.1. The molecule has 0 unspecified atom stereocenters. The van der Waals surface area contributed by atoms with Crippen molar-refractivity contribution < 1.29 is 19.6 Å². The van der Waals surface area contributed by atoms with Crippen LogP contribution in [-0.4, -0.2) is 33.4 Å². The highest BCUT2D eigenvalue weighted by molar-refractivity contribution is 14.1. The summed E-state index contributed by atoms with van der Waals surface area (Å²) in [5, 5.41) is 25.0. The van der Waals surface area contributed by atoms with Crippen molar-refractivity contribution in [3.63, 3.8) is 0 Å². The maximum absolute atomic E-state index is 12.3. The zero-order valence-corrected chi connectivity index (χ0v) is 22.3. The van der Waals surface area contributed by atoms with Crippen LogP contribution < -0.4 is 10.2 Å². The number of carboxylic acids is 1. The second-order valence-electron chi connectivity index (χ2n) is 7.98. The van der Waals surface area contributed by atoms with Gasteiger partial charge in [0.1, 0.15) is 0 Å². The molecule has 0 spiro atoms. The normalized spacial score (nSPS) is 10.6. The van der Waals surface area contributed by atoms with Gasteiger partial charge in [0, 0.05) is 44.4 Å². The van der Waals surface area contributed by atoms with E-state index in [1.54, 1.807) is 24.3 Å². The number of nitrogens with one attached hydrogen (secondary N) is 1. The number of nitrogens with zero attached hydrogens (tertiary/aromatic N) is 3. The van der Waals surface area contributed by atoms with Gasteiger partial charge in [0.15, 0.2) is 5.13 Å². The van der Waals surface area contributed by atoms with E-state index in [9.17, 15) is 19.7 Å². The van der Waals surface area contributed by atoms with Crippen molar-refractivity contribution in [2.24, 2.45) is 0 Å². The van der Waals surface area contributed by atoms with Crippen molar-refractivity contribution in [1.29, 1.82) is 0 Å². The Balaban J connectivity index is 1.56. The molecule has 3 aromatic carbocycles. The second kappa shape index (κ2) is 11.9. The molecule has 37 heavy (non-hydrogen) atoms. The Labute approximate surface area is 230 Å². The van der Waals surface area contributed by atoms with Gasteiger partial charge in [-0.2, -0.15) is 0 Å². The molecule has 11 heteroatoms. The molecule has 0 saturated heterocycles. The zero-order chi connectivity index (χ0) is 26.4. The number of nitro benzene ring substituents is 1. The number of aromatic nitrogens is 1. The molecule has 0 bridgehead atoms. The monoisotopic (exact) mass is 628 g/mol. The van der Waals surface area contributed by atoms with Crippen molar-refractivity contribution in [3.05, 3.63) is 103 Å². The van der Waals surface area contributed by atoms with Crippen LogP contribution in [0.3, 0.4) is 0 Å². The Bertz CT molecular complexity index is 1410. The summed E-state index contributed by atoms with van der Waals surface area (Å²) in [6.45, 7) is 0.562. The van der Waals surface area contributed by atoms with Gasteiger partial charge in [-0.3, -0.25) is 19.7 Å². The number of rotatable bonds is 10. The van der Waals surface area contributed by atoms with Gasteiger partial charge in [-0.15, -0.1) is 11.3 Å². The van der Waals surface area contributed by atoms with E-state index < -0.39 is 10.9 Å². The van der Waals surface area contributed by atoms with E-state index in [-0.39, 0.29) is 24.6 Å². The summed E-state index contributed by atoms with van der Waals surface area (Å²) in [6, 6.07) is 21.5. The Morgan fingerprint density at radius 3 is 2.32 bits per heavy atom. The molecule has 0 fully saturated rings. The average Bonchev–Trinajstić information content (AvgIpc) is 3.38. The van der Waals surface area contributed by atoms with Crippen molar-refractivity contribution in [2.45, 2.75) is 13.0 Å². The van der Waals surface area contributed by atoms with Crippen LogP contribution in [0.25, 0.3) is 11.3 Å². The van der Waals surface area contributed by atoms with Crippen LogP contribution in [0.4, 0.5) is 16.5 Å². The number of hydrogen-bond donors (Lipinski definition) is 2. The third-order valence-corrected chi connectivity index (χ3v) is 7.00. The number of nitro groups is 1. The number of hydrogen-bond acceptors (Lipinski definition) is 7. The molecule has 9 nitrogen and oxygen atoms in total. The number of amides is 1. The smallest absolute Gasteiger partial charge is 0.305 e. The Hall–Kier alpha value is -3.84. The molecular formula is C26H21IN4O5S. The predicted octanol–water partition coefficient (Wildman–Crippen LogP) is 5.87. The molecule has 1 amide bonds. The van der Waals surface area contributed by atoms with E-state index in [1.807, 2.05) is 41.8 Å². The van der Waals surface area contributed by atoms with E-state index >= 15 is 0 Å². The van der Waals surface area contributed by atoms with Crippen LogP contribution in [0, 0.1) is 13.7 Å². The van der Waals surface area contributed by atoms with E-state index in [4.69, 9.17) is 10.1 Å². The van der Waals surface area contributed by atoms with Crippen LogP contribution in [0.15, 0.2) is 78.2 Å². The topological polar surface area (TPSA) is 126 Å². The van der Waals surface area contributed by atoms with Gasteiger partial charge in [-0.25, -0.2) is 4.98 Å². The van der Waals surface area contributed by atoms with Gasteiger partial charge in [-0.05, 0) is 76.7 Å². The maximum atomic E-state index is 12.3. The lowest BCUT2D eigenvalue weighted by Gasteiger charge is -2.22. The maximum Gasteiger partial charge on any atom is 0.305 e. The lowest BCUT2D eigenvalue weighted by molar-refractivity contribution is -0.384. The molecular weight excluding hydrogens is 607 g/mol. The standard InChI is InChI=1S/C26H21IN4O5S/c27-20-7-11-21(12-8-20)30(15-17-1-3-19(4-2-17)25(34)28-14-13-24(32)33)26-29-23(16-37-26)18-5-9-22(10-6-18)31(35)36/h1-12,16H,13-15H2,(H,28,34)(H,32,33). The highest BCUT2D eigenvalue weighted by Crippen LogP contribution is 2.34. The van der Waals surface area contributed by atoms with Crippen molar-refractivity contribution >= 4 is 62.3 Å². The molecule has 0 aliphatic heterocycles. The molecule has 0 aliphatic rings. The lowest BCUT2D eigenvalue weighted by atomic mass is 10.1. The highest BCUT2D eigenvalue weighted by Gasteiger charge is 2.16. The van der Waals surface area contributed by atoms with Gasteiger partial charge in [-0.1, -0.05) is 12.1 Å². The van der Waals surface area contributed by atoms with Gasteiger partial charge >= 0.3 is 5.97 Å². The first-order valence-corrected chi connectivity index (χ1v) is 13.1. The number of halogens is 1. The summed E-state index contributed by atoms with van der Waals surface area (Å²) < 4.78 is 1.10. The van der Waals surface area contributed by atoms with Crippen LogP contribution in [0.1, 0.15) is 22.3 Å². The summed E-state index contributed by atoms with van der Waals surface area (Å²) in [5.41, 5.74) is 3.88. The summed E-state index contributed by atoms with van der Waals surface area (Å²) >= 11 is 3.72. The number of carbonyl (C=O) groups is 2. The van der Waals surface area contributed by atoms with E-state index in [2.05, 4.69) is 32.8 Å². The van der Waals surface area contributed by atoms with Crippen LogP contribution in [0.5, 0.6) is 0 Å². The lowest BCUT2D eigenvalue weighted by Crippen LogP contribution is -2.26. The number of aliphatic carboxylic acids is 1. The van der Waals surface area contributed by atoms with Crippen LogP contribution in [0.2, 0.25) is 0 Å². The number of thiazole rings is 1. The summed E-state index contributed by atoms with van der Waals surface area (Å²) in [6.07, 6.45) is -0.134. The van der Waals surface area contributed by atoms with Crippen molar-refractivity contribution in [1.82, 2.24) is 10.3 Å². The van der Waals surface area contributed by atoms with Gasteiger partial charge in [0.2, 0.25) is 0 Å². The molecule has 2 N–H and O–H groups in total. The Morgan fingerprint density at radius 1 is 1.03 bits per heavy atom. The number of non-ortho nitro benzene ring substituents is 1. The highest BCUT2D eigenvalue weighted by atomic mass is 127. The number of benzene rings is 3. The van der Waals surface area contributed by atoms with Gasteiger partial charge in [0.05, 0.1) is 23.6 Å². The fourth-order valence-corrected chi connectivity index (χ4v) is 4.71. The molecule has 4 rings (SSSR count). The molecule has 0 radical (unpaired) electrons. The average molecular weight is 628 g/mol. The number of carbonyl (C=O) groups excluding carboxylic acids is 1. The van der Waals surface area contributed by atoms with Crippen LogP contribution >= 0.6 is 33.9 Å². The minimum atomic E-state index is -0.967. The van der Waals surface area contributed by atoms with Gasteiger partial charge < -0.3 is 15.3 Å². The SMILES string of the molecule is O=C(O)CCNC(=O)c1ccc(CN(c2ccc(I)cc2)c2nc(-c3ccc([N+](=O)[O-])cc3)cs2)cc1. The summed E-state index contributed by atoms with van der Waals surface area (Å²) in [4.78, 5) is 40.3. The fraction of sp³-hybridized carbons (Fsp3) is 0.115. The number of anilines is 2. The summed E-state index contributed by atoms with van der Waals surface area (Å²) in [7, 11) is 0. The summed E-state index contributed by atoms with van der Waals surface area (Å²) in [5.74, 6) is -1.29. The fourth-order valence-electron chi connectivity index (χ4n) is 3.49. The molecule has 0 atom stereocenters. The largest absolute Gasteiger partial charge is 0.481 e. The van der Waals surface area contributed by atoms with Crippen molar-refractivity contribution in [2.75, 3.05) is 11.4 Å². The minimum Gasteiger partial charge on any atom is -0.481 e. The zero-order valence-electron chi connectivity index (χ0n) is 19.3. The first kappa shape index (κ1) is 26.2. The van der Waals surface area contributed by atoms with Crippen molar-refractivity contribution in [3.8, 4) is 11.3 Å². The van der Waals surface area contributed by atoms with Crippen LogP contribution in [-0.2, 0) is 11.3 Å². The third-order valence-electron chi connectivity index (χ3n) is 5.42. The predicted molar refractivity (Wildman–Crippen MR) is 150 cm³/mol. The molecule has 0 saturated carbocycles. The molecule has 1 aromatic heterocycles. The number of carboxylic acid groups (broad SMARTS) is 1. The van der Waals surface area contributed by atoms with Gasteiger partial charge in [0.25, 0.3) is 11.6 Å². The molecule has 188 valence electrons. The first-order chi connectivity index (χ1) is 17.8. The second-order valence-corrected chi connectivity index (χ2v) is 10.1. The van der Waals surface area contributed by atoms with E-state index in [0.29, 0.717) is 12.1 Å².